The summed E-state index contributed by atoms with van der Waals surface area (Å²) in [6.45, 7) is 6.57. The Morgan fingerprint density at radius 3 is 2.45 bits per heavy atom. The first-order valence-electron chi connectivity index (χ1n) is 13.9. The fourth-order valence-electron chi connectivity index (χ4n) is 6.63. The number of likely N-dealkylation sites (tertiary alicyclic amines) is 1. The van der Waals surface area contributed by atoms with Gasteiger partial charge in [0.25, 0.3) is 5.91 Å². The Morgan fingerprint density at radius 2 is 1.68 bits per heavy atom. The Morgan fingerprint density at radius 1 is 0.974 bits per heavy atom. The second-order valence-corrected chi connectivity index (χ2v) is 11.1. The number of fused-ring (bicyclic) bond motifs is 2. The van der Waals surface area contributed by atoms with Crippen LogP contribution in [-0.2, 0) is 28.9 Å². The van der Waals surface area contributed by atoms with Crippen molar-refractivity contribution in [1.82, 2.24) is 19.6 Å². The topological polar surface area (TPSA) is 67.7 Å². The maximum absolute atomic E-state index is 14.3. The van der Waals surface area contributed by atoms with E-state index in [2.05, 4.69) is 6.07 Å². The summed E-state index contributed by atoms with van der Waals surface area (Å²) in [6.07, 6.45) is 4.33. The first-order valence-corrected chi connectivity index (χ1v) is 13.9. The van der Waals surface area contributed by atoms with Crippen LogP contribution in [0.2, 0.25) is 0 Å². The molecule has 2 aromatic carbocycles. The molecule has 2 aliphatic heterocycles. The van der Waals surface area contributed by atoms with Gasteiger partial charge < -0.3 is 14.5 Å². The molecule has 3 aromatic rings. The molecule has 1 aromatic heterocycles. The Kier molecular flexibility index (Phi) is 6.68. The monoisotopic (exact) mass is 518 g/mol. The summed E-state index contributed by atoms with van der Waals surface area (Å²) in [4.78, 5) is 30.5. The van der Waals surface area contributed by atoms with Gasteiger partial charge in [-0.15, -0.1) is 0 Å². The van der Waals surface area contributed by atoms with Crippen molar-refractivity contribution in [3.8, 4) is 0 Å². The van der Waals surface area contributed by atoms with Gasteiger partial charge in [0.1, 0.15) is 12.4 Å². The normalized spacial score (nSPS) is 22.2. The van der Waals surface area contributed by atoms with E-state index in [-0.39, 0.29) is 36.4 Å². The summed E-state index contributed by atoms with van der Waals surface area (Å²) in [5, 5.41) is 6.32. The van der Waals surface area contributed by atoms with Gasteiger partial charge in [-0.1, -0.05) is 30.3 Å². The highest BCUT2D eigenvalue weighted by molar-refractivity contribution is 5.94. The third-order valence-electron chi connectivity index (χ3n) is 8.39. The largest absolute Gasteiger partial charge is 0.372 e. The van der Waals surface area contributed by atoms with Crippen molar-refractivity contribution in [1.29, 1.82) is 0 Å². The minimum atomic E-state index is -0.195. The molecule has 2 fully saturated rings. The highest BCUT2D eigenvalue weighted by Gasteiger charge is 2.34. The molecule has 2 atom stereocenters. The molecular weight excluding hydrogens is 483 g/mol. The Balaban J connectivity index is 1.14. The van der Waals surface area contributed by atoms with Crippen LogP contribution in [0.1, 0.15) is 66.3 Å². The molecule has 3 heterocycles. The number of benzene rings is 2. The van der Waals surface area contributed by atoms with Crippen molar-refractivity contribution in [3.63, 3.8) is 0 Å². The van der Waals surface area contributed by atoms with E-state index in [4.69, 9.17) is 9.84 Å². The van der Waals surface area contributed by atoms with E-state index < -0.39 is 0 Å². The number of carbonyl (C=O) groups is 2. The number of nitrogens with zero attached hydrogens (tertiary/aromatic N) is 4. The maximum Gasteiger partial charge on any atom is 0.274 e. The number of hydrogen-bond acceptors (Lipinski definition) is 4. The van der Waals surface area contributed by atoms with Crippen LogP contribution in [0.4, 0.5) is 4.39 Å². The second-order valence-electron chi connectivity index (χ2n) is 11.1. The van der Waals surface area contributed by atoms with Crippen molar-refractivity contribution >= 4 is 22.6 Å². The summed E-state index contributed by atoms with van der Waals surface area (Å²) in [5.74, 6) is 0.0844. The van der Waals surface area contributed by atoms with E-state index >= 15 is 0 Å². The average Bonchev–Trinajstić information content (AvgIpc) is 3.52. The molecular formula is C30H35FN4O3. The molecule has 0 radical (unpaired) electrons. The highest BCUT2D eigenvalue weighted by Crippen LogP contribution is 2.34. The van der Waals surface area contributed by atoms with Gasteiger partial charge in [-0.05, 0) is 68.9 Å². The average molecular weight is 519 g/mol. The molecule has 0 saturated carbocycles. The Labute approximate surface area is 222 Å². The van der Waals surface area contributed by atoms with E-state index in [1.165, 1.54) is 6.07 Å². The number of morpholine rings is 1. The number of rotatable bonds is 4. The minimum absolute atomic E-state index is 0.00441. The quantitative estimate of drug-likeness (QED) is 0.516. The van der Waals surface area contributed by atoms with Gasteiger partial charge in [0, 0.05) is 42.8 Å². The molecule has 3 aliphatic rings. The van der Waals surface area contributed by atoms with Gasteiger partial charge in [0.2, 0.25) is 5.91 Å². The van der Waals surface area contributed by atoms with E-state index in [1.54, 1.807) is 10.7 Å². The predicted molar refractivity (Wildman–Crippen MR) is 143 cm³/mol. The van der Waals surface area contributed by atoms with Crippen LogP contribution in [0.3, 0.4) is 0 Å². The molecule has 2 amide bonds. The number of carbonyl (C=O) groups excluding carboxylic acids is 2. The first-order chi connectivity index (χ1) is 18.4. The van der Waals surface area contributed by atoms with Crippen molar-refractivity contribution in [3.05, 3.63) is 64.7 Å². The van der Waals surface area contributed by atoms with Gasteiger partial charge >= 0.3 is 0 Å². The molecule has 0 unspecified atom stereocenters. The van der Waals surface area contributed by atoms with E-state index in [0.717, 1.165) is 54.3 Å². The number of ether oxygens (including phenoxy) is 1. The van der Waals surface area contributed by atoms with Crippen LogP contribution in [-0.4, -0.2) is 69.8 Å². The van der Waals surface area contributed by atoms with Crippen LogP contribution in [0.15, 0.2) is 36.4 Å². The van der Waals surface area contributed by atoms with Crippen LogP contribution >= 0.6 is 0 Å². The molecule has 6 rings (SSSR count). The van der Waals surface area contributed by atoms with E-state index in [0.29, 0.717) is 43.2 Å². The van der Waals surface area contributed by atoms with Gasteiger partial charge in [0.05, 0.1) is 12.2 Å². The summed E-state index contributed by atoms with van der Waals surface area (Å²) in [6, 6.07) is 11.1. The lowest BCUT2D eigenvalue weighted by Crippen LogP contribution is -2.48. The number of piperidine rings is 1. The van der Waals surface area contributed by atoms with Gasteiger partial charge in [-0.2, -0.15) is 5.10 Å². The smallest absolute Gasteiger partial charge is 0.274 e. The van der Waals surface area contributed by atoms with E-state index in [9.17, 15) is 14.0 Å². The Bertz CT molecular complexity index is 1370. The summed E-state index contributed by atoms with van der Waals surface area (Å²) in [5.41, 5.74) is 3.71. The fourth-order valence-corrected chi connectivity index (χ4v) is 6.63. The zero-order valence-corrected chi connectivity index (χ0v) is 22.2. The zero-order valence-electron chi connectivity index (χ0n) is 22.2. The molecule has 1 aliphatic carbocycles. The SMILES string of the molecule is C[C@@H]1CN(C(=O)c2nn(CC(=O)N3CCC(c4cccc5c(F)cccc45)CC3)c3c2CCC3)C[C@H](C)O1. The molecule has 0 bridgehead atoms. The van der Waals surface area contributed by atoms with Crippen LogP contribution in [0, 0.1) is 5.82 Å². The maximum atomic E-state index is 14.3. The molecule has 0 N–H and O–H groups in total. The highest BCUT2D eigenvalue weighted by atomic mass is 19.1. The van der Waals surface area contributed by atoms with Crippen LogP contribution in [0.25, 0.3) is 10.8 Å². The summed E-state index contributed by atoms with van der Waals surface area (Å²) >= 11 is 0. The van der Waals surface area contributed by atoms with Crippen LogP contribution in [0.5, 0.6) is 0 Å². The molecule has 0 spiro atoms. The fraction of sp³-hybridized carbons (Fsp3) is 0.500. The predicted octanol–water partition coefficient (Wildman–Crippen LogP) is 4.32. The number of aromatic nitrogens is 2. The first kappa shape index (κ1) is 25.0. The Hall–Kier alpha value is -3.26. The van der Waals surface area contributed by atoms with Gasteiger partial charge in [-0.25, -0.2) is 4.39 Å². The lowest BCUT2D eigenvalue weighted by atomic mass is 9.86. The van der Waals surface area contributed by atoms with E-state index in [1.807, 2.05) is 41.8 Å². The molecule has 7 nitrogen and oxygen atoms in total. The third kappa shape index (κ3) is 4.59. The number of halogens is 1. The standard InChI is InChI=1S/C30H35FN4O3/c1-19-16-34(17-20(2)38-19)30(37)29-25-9-5-11-27(25)35(32-29)18-28(36)33-14-12-21(13-15-33)22-6-3-8-24-23(22)7-4-10-26(24)31/h3-4,6-8,10,19-21H,5,9,11-18H2,1-2H3/t19-,20+. The second kappa shape index (κ2) is 10.1. The zero-order chi connectivity index (χ0) is 26.4. The van der Waals surface area contributed by atoms with Crippen molar-refractivity contribution < 1.29 is 18.7 Å². The van der Waals surface area contributed by atoms with Crippen LogP contribution < -0.4 is 0 Å². The minimum Gasteiger partial charge on any atom is -0.372 e. The van der Waals surface area contributed by atoms with Gasteiger partial charge in [0.15, 0.2) is 5.69 Å². The van der Waals surface area contributed by atoms with Crippen molar-refractivity contribution in [2.45, 2.75) is 70.6 Å². The molecule has 2 saturated heterocycles. The summed E-state index contributed by atoms with van der Waals surface area (Å²) in [7, 11) is 0. The molecule has 38 heavy (non-hydrogen) atoms. The lowest BCUT2D eigenvalue weighted by molar-refractivity contribution is -0.133. The number of hydrogen-bond donors (Lipinski definition) is 0. The number of amides is 2. The molecule has 8 heteroatoms. The molecule has 200 valence electrons. The summed E-state index contributed by atoms with van der Waals surface area (Å²) < 4.78 is 21.9. The lowest BCUT2D eigenvalue weighted by Gasteiger charge is -2.35. The third-order valence-corrected chi connectivity index (χ3v) is 8.39. The van der Waals surface area contributed by atoms with Crippen molar-refractivity contribution in [2.24, 2.45) is 0 Å². The van der Waals surface area contributed by atoms with Crippen molar-refractivity contribution in [2.75, 3.05) is 26.2 Å². The van der Waals surface area contributed by atoms with Gasteiger partial charge in [-0.3, -0.25) is 14.3 Å².